The zero-order chi connectivity index (χ0) is 10.8. The van der Waals surface area contributed by atoms with Crippen molar-refractivity contribution in [2.75, 3.05) is 0 Å². The van der Waals surface area contributed by atoms with Gasteiger partial charge in [-0.3, -0.25) is 15.2 Å². The molecule has 74 valence electrons. The standard InChI is InChI=1S/C10H7N3O2/c1-2-3-9-8-6-7(13(14)15)4-5-10(8)12-11-9/h4-6H,1H3,(H,11,12). The maximum atomic E-state index is 10.6. The maximum Gasteiger partial charge on any atom is 0.270 e. The fourth-order valence-electron chi connectivity index (χ4n) is 1.33. The Balaban J connectivity index is 2.70. The highest BCUT2D eigenvalue weighted by Gasteiger charge is 2.09. The van der Waals surface area contributed by atoms with Crippen LogP contribution in [0.2, 0.25) is 0 Å². The summed E-state index contributed by atoms with van der Waals surface area (Å²) in [5, 5.41) is 18.0. The van der Waals surface area contributed by atoms with Gasteiger partial charge >= 0.3 is 0 Å². The van der Waals surface area contributed by atoms with Crippen LogP contribution in [0.3, 0.4) is 0 Å². The van der Waals surface area contributed by atoms with Gasteiger partial charge in [-0.25, -0.2) is 0 Å². The van der Waals surface area contributed by atoms with Crippen LogP contribution in [0.4, 0.5) is 5.69 Å². The Kier molecular flexibility index (Phi) is 2.10. The number of nitrogens with zero attached hydrogens (tertiary/aromatic N) is 2. The first-order valence-electron chi connectivity index (χ1n) is 4.27. The third-order valence-electron chi connectivity index (χ3n) is 2.00. The number of H-pyrrole nitrogens is 1. The molecule has 0 radical (unpaired) electrons. The Morgan fingerprint density at radius 2 is 2.33 bits per heavy atom. The summed E-state index contributed by atoms with van der Waals surface area (Å²) in [5.74, 6) is 5.53. The number of fused-ring (bicyclic) bond motifs is 1. The van der Waals surface area contributed by atoms with Crippen molar-refractivity contribution in [1.29, 1.82) is 0 Å². The quantitative estimate of drug-likeness (QED) is 0.434. The summed E-state index contributed by atoms with van der Waals surface area (Å²) in [5.41, 5.74) is 1.33. The second kappa shape index (κ2) is 3.42. The van der Waals surface area contributed by atoms with Gasteiger partial charge in [0.1, 0.15) is 5.69 Å². The molecule has 0 saturated carbocycles. The predicted molar refractivity (Wildman–Crippen MR) is 55.3 cm³/mol. The maximum absolute atomic E-state index is 10.6. The van der Waals surface area contributed by atoms with Crippen molar-refractivity contribution >= 4 is 16.6 Å². The average Bonchev–Trinajstić information content (AvgIpc) is 2.61. The van der Waals surface area contributed by atoms with E-state index in [0.717, 1.165) is 0 Å². The van der Waals surface area contributed by atoms with Crippen LogP contribution in [0.1, 0.15) is 12.6 Å². The summed E-state index contributed by atoms with van der Waals surface area (Å²) in [4.78, 5) is 10.1. The number of nitro groups is 1. The van der Waals surface area contributed by atoms with E-state index >= 15 is 0 Å². The minimum absolute atomic E-state index is 0.0445. The van der Waals surface area contributed by atoms with Crippen LogP contribution >= 0.6 is 0 Å². The Bertz CT molecular complexity index is 589. The highest BCUT2D eigenvalue weighted by Crippen LogP contribution is 2.21. The van der Waals surface area contributed by atoms with E-state index in [1.165, 1.54) is 12.1 Å². The molecule has 0 aliphatic carbocycles. The third kappa shape index (κ3) is 1.53. The van der Waals surface area contributed by atoms with Gasteiger partial charge in [-0.2, -0.15) is 5.10 Å². The summed E-state index contributed by atoms with van der Waals surface area (Å²) in [7, 11) is 0. The lowest BCUT2D eigenvalue weighted by atomic mass is 10.2. The third-order valence-corrected chi connectivity index (χ3v) is 2.00. The van der Waals surface area contributed by atoms with Gasteiger partial charge in [0.2, 0.25) is 0 Å². The number of non-ortho nitro benzene ring substituents is 1. The first-order chi connectivity index (χ1) is 7.22. The lowest BCUT2D eigenvalue weighted by molar-refractivity contribution is -0.384. The first kappa shape index (κ1) is 9.21. The lowest BCUT2D eigenvalue weighted by Crippen LogP contribution is -1.86. The van der Waals surface area contributed by atoms with Crippen LogP contribution in [0.25, 0.3) is 10.9 Å². The highest BCUT2D eigenvalue weighted by atomic mass is 16.6. The smallest absolute Gasteiger partial charge is 0.269 e. The number of hydrogen-bond donors (Lipinski definition) is 1. The van der Waals surface area contributed by atoms with Crippen molar-refractivity contribution in [3.63, 3.8) is 0 Å². The molecule has 2 aromatic rings. The highest BCUT2D eigenvalue weighted by molar-refractivity contribution is 5.85. The fourth-order valence-corrected chi connectivity index (χ4v) is 1.33. The van der Waals surface area contributed by atoms with Gasteiger partial charge in [0, 0.05) is 17.5 Å². The molecule has 1 aromatic carbocycles. The number of rotatable bonds is 1. The van der Waals surface area contributed by atoms with Crippen molar-refractivity contribution in [2.45, 2.75) is 6.92 Å². The van der Waals surface area contributed by atoms with Gasteiger partial charge in [-0.15, -0.1) is 0 Å². The van der Waals surface area contributed by atoms with E-state index in [0.29, 0.717) is 16.6 Å². The molecule has 0 atom stereocenters. The summed E-state index contributed by atoms with van der Waals surface area (Å²) < 4.78 is 0. The Morgan fingerprint density at radius 3 is 3.00 bits per heavy atom. The van der Waals surface area contributed by atoms with Crippen molar-refractivity contribution in [3.8, 4) is 11.8 Å². The SMILES string of the molecule is CC#Cc1[nH]nc2ccc([N+](=O)[O-])cc12. The van der Waals surface area contributed by atoms with E-state index in [1.54, 1.807) is 13.0 Å². The van der Waals surface area contributed by atoms with E-state index < -0.39 is 4.92 Å². The first-order valence-corrected chi connectivity index (χ1v) is 4.27. The van der Waals surface area contributed by atoms with Crippen LogP contribution in [0, 0.1) is 22.0 Å². The van der Waals surface area contributed by atoms with Crippen molar-refractivity contribution in [1.82, 2.24) is 10.2 Å². The minimum Gasteiger partial charge on any atom is -0.269 e. The topological polar surface area (TPSA) is 71.8 Å². The Hall–Kier alpha value is -2.35. The van der Waals surface area contributed by atoms with Gasteiger partial charge in [-0.1, -0.05) is 5.92 Å². The molecule has 0 fully saturated rings. The van der Waals surface area contributed by atoms with Crippen LogP contribution < -0.4 is 0 Å². The van der Waals surface area contributed by atoms with Gasteiger partial charge in [0.25, 0.3) is 5.69 Å². The molecule has 2 rings (SSSR count). The fraction of sp³-hybridized carbons (Fsp3) is 0.100. The largest absolute Gasteiger partial charge is 0.270 e. The number of aromatic amines is 1. The Morgan fingerprint density at radius 1 is 1.53 bits per heavy atom. The lowest BCUT2D eigenvalue weighted by Gasteiger charge is -1.90. The molecule has 0 saturated heterocycles. The molecule has 0 unspecified atom stereocenters. The Labute approximate surface area is 85.3 Å². The normalized spacial score (nSPS) is 9.67. The molecule has 0 aliphatic rings. The second-order valence-electron chi connectivity index (χ2n) is 2.93. The van der Waals surface area contributed by atoms with Crippen LogP contribution in [0.15, 0.2) is 18.2 Å². The number of benzene rings is 1. The van der Waals surface area contributed by atoms with E-state index in [4.69, 9.17) is 0 Å². The average molecular weight is 201 g/mol. The van der Waals surface area contributed by atoms with E-state index in [9.17, 15) is 10.1 Å². The second-order valence-corrected chi connectivity index (χ2v) is 2.93. The van der Waals surface area contributed by atoms with Crippen molar-refractivity contribution in [3.05, 3.63) is 34.0 Å². The minimum atomic E-state index is -0.435. The molecule has 0 spiro atoms. The molecular weight excluding hydrogens is 194 g/mol. The van der Waals surface area contributed by atoms with Gasteiger partial charge < -0.3 is 0 Å². The van der Waals surface area contributed by atoms with E-state index in [2.05, 4.69) is 22.0 Å². The van der Waals surface area contributed by atoms with Gasteiger partial charge in [0.05, 0.1) is 10.4 Å². The molecule has 5 nitrogen and oxygen atoms in total. The number of nitro benzene ring substituents is 1. The summed E-state index contributed by atoms with van der Waals surface area (Å²) >= 11 is 0. The molecule has 1 N–H and O–H groups in total. The van der Waals surface area contributed by atoms with E-state index in [1.807, 2.05) is 0 Å². The molecule has 0 amide bonds. The molecule has 0 bridgehead atoms. The number of hydrogen-bond acceptors (Lipinski definition) is 3. The monoisotopic (exact) mass is 201 g/mol. The summed E-state index contributed by atoms with van der Waals surface area (Å²) in [6, 6.07) is 4.50. The summed E-state index contributed by atoms with van der Waals surface area (Å²) in [6.07, 6.45) is 0. The molecular formula is C10H7N3O2. The number of nitrogens with one attached hydrogen (secondary N) is 1. The van der Waals surface area contributed by atoms with Crippen LogP contribution in [0.5, 0.6) is 0 Å². The summed E-state index contributed by atoms with van der Waals surface area (Å²) in [6.45, 7) is 1.70. The van der Waals surface area contributed by atoms with E-state index in [-0.39, 0.29) is 5.69 Å². The number of aromatic nitrogens is 2. The van der Waals surface area contributed by atoms with Gasteiger partial charge in [0.15, 0.2) is 0 Å². The van der Waals surface area contributed by atoms with Gasteiger partial charge in [-0.05, 0) is 18.9 Å². The zero-order valence-corrected chi connectivity index (χ0v) is 7.94. The van der Waals surface area contributed by atoms with Crippen LogP contribution in [-0.4, -0.2) is 15.1 Å². The van der Waals surface area contributed by atoms with Crippen LogP contribution in [-0.2, 0) is 0 Å². The molecule has 5 heteroatoms. The van der Waals surface area contributed by atoms with Crippen molar-refractivity contribution in [2.24, 2.45) is 0 Å². The molecule has 0 aliphatic heterocycles. The predicted octanol–water partition coefficient (Wildman–Crippen LogP) is 1.84. The molecule has 1 heterocycles. The van der Waals surface area contributed by atoms with Crippen molar-refractivity contribution < 1.29 is 4.92 Å². The zero-order valence-electron chi connectivity index (χ0n) is 7.94. The molecule has 15 heavy (non-hydrogen) atoms. The molecule has 1 aromatic heterocycles.